The second-order valence-corrected chi connectivity index (χ2v) is 5.40. The van der Waals surface area contributed by atoms with E-state index in [4.69, 9.17) is 5.73 Å². The first kappa shape index (κ1) is 16.0. The monoisotopic (exact) mass is 270 g/mol. The third-order valence-electron chi connectivity index (χ3n) is 4.09. The number of amides is 1. The molecule has 0 saturated carbocycles. The van der Waals surface area contributed by atoms with Crippen molar-refractivity contribution >= 4 is 11.9 Å². The molecule has 19 heavy (non-hydrogen) atoms. The second kappa shape index (κ2) is 6.89. The molecule has 110 valence electrons. The van der Waals surface area contributed by atoms with Crippen LogP contribution in [0, 0.1) is 5.92 Å². The predicted octanol–water partition coefficient (Wildman–Crippen LogP) is 1.61. The summed E-state index contributed by atoms with van der Waals surface area (Å²) in [6.07, 6.45) is 4.23. The van der Waals surface area contributed by atoms with Crippen LogP contribution in [0.15, 0.2) is 0 Å². The molecule has 1 heterocycles. The van der Waals surface area contributed by atoms with Gasteiger partial charge in [0.15, 0.2) is 0 Å². The van der Waals surface area contributed by atoms with Gasteiger partial charge in [-0.2, -0.15) is 0 Å². The van der Waals surface area contributed by atoms with Gasteiger partial charge in [0.25, 0.3) is 0 Å². The van der Waals surface area contributed by atoms with Crippen LogP contribution >= 0.6 is 0 Å². The van der Waals surface area contributed by atoms with Gasteiger partial charge in [0.1, 0.15) is 5.54 Å². The van der Waals surface area contributed by atoms with E-state index >= 15 is 0 Å². The van der Waals surface area contributed by atoms with Crippen molar-refractivity contribution in [1.82, 2.24) is 4.90 Å². The van der Waals surface area contributed by atoms with Gasteiger partial charge in [-0.05, 0) is 25.7 Å². The molecule has 0 bridgehead atoms. The molecule has 0 radical (unpaired) electrons. The Labute approximate surface area is 115 Å². The summed E-state index contributed by atoms with van der Waals surface area (Å²) in [5, 5.41) is 9.57. The van der Waals surface area contributed by atoms with Crippen LogP contribution in [0.1, 0.15) is 52.4 Å². The molecule has 2 atom stereocenters. The fourth-order valence-corrected chi connectivity index (χ4v) is 3.11. The highest BCUT2D eigenvalue weighted by Gasteiger charge is 2.49. The summed E-state index contributed by atoms with van der Waals surface area (Å²) in [6, 6.07) is 0. The highest BCUT2D eigenvalue weighted by Crippen LogP contribution is 2.35. The molecule has 1 fully saturated rings. The van der Waals surface area contributed by atoms with E-state index in [9.17, 15) is 14.7 Å². The van der Waals surface area contributed by atoms with Gasteiger partial charge in [0.2, 0.25) is 5.91 Å². The quantitative estimate of drug-likeness (QED) is 0.736. The zero-order valence-corrected chi connectivity index (χ0v) is 12.0. The molecule has 0 aromatic heterocycles. The third-order valence-corrected chi connectivity index (χ3v) is 4.09. The molecule has 1 rings (SSSR count). The number of nitrogens with two attached hydrogens (primary N) is 1. The van der Waals surface area contributed by atoms with Crippen LogP contribution in [-0.2, 0) is 9.59 Å². The molecule has 0 aromatic carbocycles. The highest BCUT2D eigenvalue weighted by atomic mass is 16.4. The average molecular weight is 270 g/mol. The smallest absolute Gasteiger partial charge is 0.329 e. The lowest BCUT2D eigenvalue weighted by atomic mass is 9.89. The Kier molecular flexibility index (Phi) is 5.79. The first-order valence-electron chi connectivity index (χ1n) is 7.28. The standard InChI is InChI=1S/C14H26N2O3/c1-3-6-11(10-15)12(17)16-9-5-8-14(16,7-4-2)13(18)19/h11H,3-10,15H2,1-2H3,(H,18,19). The number of hydrogen-bond donors (Lipinski definition) is 2. The minimum absolute atomic E-state index is 0.0716. The summed E-state index contributed by atoms with van der Waals surface area (Å²) in [4.78, 5) is 25.8. The molecule has 0 aromatic rings. The molecule has 0 spiro atoms. The zero-order chi connectivity index (χ0) is 14.5. The Morgan fingerprint density at radius 1 is 1.37 bits per heavy atom. The van der Waals surface area contributed by atoms with Crippen LogP contribution in [0.2, 0.25) is 0 Å². The molecular weight excluding hydrogens is 244 g/mol. The van der Waals surface area contributed by atoms with Gasteiger partial charge in [-0.3, -0.25) is 4.79 Å². The number of carbonyl (C=O) groups is 2. The van der Waals surface area contributed by atoms with Crippen LogP contribution in [0.4, 0.5) is 0 Å². The largest absolute Gasteiger partial charge is 0.479 e. The molecule has 3 N–H and O–H groups in total. The molecule has 0 aliphatic carbocycles. The number of aliphatic carboxylic acids is 1. The van der Waals surface area contributed by atoms with E-state index < -0.39 is 11.5 Å². The van der Waals surface area contributed by atoms with E-state index in [1.165, 1.54) is 0 Å². The Hall–Kier alpha value is -1.10. The number of nitrogens with zero attached hydrogens (tertiary/aromatic N) is 1. The van der Waals surface area contributed by atoms with Crippen molar-refractivity contribution in [2.45, 2.75) is 57.9 Å². The Morgan fingerprint density at radius 2 is 2.05 bits per heavy atom. The molecule has 5 nitrogen and oxygen atoms in total. The lowest BCUT2D eigenvalue weighted by Gasteiger charge is -2.36. The molecule has 2 unspecified atom stereocenters. The van der Waals surface area contributed by atoms with Crippen LogP contribution in [0.3, 0.4) is 0 Å². The minimum atomic E-state index is -0.993. The fraction of sp³-hybridized carbons (Fsp3) is 0.857. The van der Waals surface area contributed by atoms with Gasteiger partial charge in [0.05, 0.1) is 5.92 Å². The van der Waals surface area contributed by atoms with Crippen molar-refractivity contribution in [3.05, 3.63) is 0 Å². The number of carboxylic acid groups (broad SMARTS) is 1. The van der Waals surface area contributed by atoms with E-state index in [-0.39, 0.29) is 11.8 Å². The van der Waals surface area contributed by atoms with E-state index in [0.29, 0.717) is 25.9 Å². The number of hydrogen-bond acceptors (Lipinski definition) is 3. The molecular formula is C14H26N2O3. The number of rotatable bonds is 7. The van der Waals surface area contributed by atoms with Gasteiger partial charge in [-0.15, -0.1) is 0 Å². The number of likely N-dealkylation sites (tertiary alicyclic amines) is 1. The Bertz CT molecular complexity index is 333. The number of carboxylic acids is 1. The normalized spacial score (nSPS) is 24.5. The first-order chi connectivity index (χ1) is 9.03. The van der Waals surface area contributed by atoms with Crippen molar-refractivity contribution in [3.8, 4) is 0 Å². The van der Waals surface area contributed by atoms with Crippen LogP contribution in [0.5, 0.6) is 0 Å². The van der Waals surface area contributed by atoms with Gasteiger partial charge in [0, 0.05) is 13.1 Å². The summed E-state index contributed by atoms with van der Waals surface area (Å²) in [5.41, 5.74) is 4.68. The second-order valence-electron chi connectivity index (χ2n) is 5.40. The maximum Gasteiger partial charge on any atom is 0.329 e. The Morgan fingerprint density at radius 3 is 2.53 bits per heavy atom. The van der Waals surface area contributed by atoms with Crippen molar-refractivity contribution in [3.63, 3.8) is 0 Å². The summed E-state index contributed by atoms with van der Waals surface area (Å²) in [7, 11) is 0. The van der Waals surface area contributed by atoms with E-state index in [0.717, 1.165) is 25.7 Å². The molecule has 1 aliphatic heterocycles. The van der Waals surface area contributed by atoms with E-state index in [2.05, 4.69) is 0 Å². The Balaban J connectivity index is 2.95. The van der Waals surface area contributed by atoms with Gasteiger partial charge < -0.3 is 15.7 Å². The molecule has 1 saturated heterocycles. The summed E-state index contributed by atoms with van der Waals surface area (Å²) >= 11 is 0. The lowest BCUT2D eigenvalue weighted by molar-refractivity contribution is -0.158. The van der Waals surface area contributed by atoms with Gasteiger partial charge in [-0.1, -0.05) is 26.7 Å². The minimum Gasteiger partial charge on any atom is -0.479 e. The van der Waals surface area contributed by atoms with Crippen LogP contribution in [0.25, 0.3) is 0 Å². The van der Waals surface area contributed by atoms with Crippen molar-refractivity contribution in [2.24, 2.45) is 11.7 Å². The van der Waals surface area contributed by atoms with Crippen molar-refractivity contribution in [2.75, 3.05) is 13.1 Å². The first-order valence-corrected chi connectivity index (χ1v) is 7.28. The third kappa shape index (κ3) is 3.08. The molecule has 1 amide bonds. The van der Waals surface area contributed by atoms with E-state index in [1.807, 2.05) is 13.8 Å². The maximum atomic E-state index is 12.5. The van der Waals surface area contributed by atoms with Crippen molar-refractivity contribution < 1.29 is 14.7 Å². The summed E-state index contributed by atoms with van der Waals surface area (Å²) < 4.78 is 0. The van der Waals surface area contributed by atoms with Crippen LogP contribution < -0.4 is 5.73 Å². The average Bonchev–Trinajstić information content (AvgIpc) is 2.80. The highest BCUT2D eigenvalue weighted by molar-refractivity contribution is 5.89. The van der Waals surface area contributed by atoms with Gasteiger partial charge >= 0.3 is 5.97 Å². The predicted molar refractivity (Wildman–Crippen MR) is 73.7 cm³/mol. The topological polar surface area (TPSA) is 83.6 Å². The molecule has 1 aliphatic rings. The van der Waals surface area contributed by atoms with Crippen LogP contribution in [-0.4, -0.2) is 40.5 Å². The van der Waals surface area contributed by atoms with Gasteiger partial charge in [-0.25, -0.2) is 4.79 Å². The maximum absolute atomic E-state index is 12.5. The summed E-state index contributed by atoms with van der Waals surface area (Å²) in [6.45, 7) is 4.81. The fourth-order valence-electron chi connectivity index (χ4n) is 3.11. The molecule has 5 heteroatoms. The SMILES string of the molecule is CCCC(CN)C(=O)N1CCCC1(CCC)C(=O)O. The number of carbonyl (C=O) groups excluding carboxylic acids is 1. The summed E-state index contributed by atoms with van der Waals surface area (Å²) in [5.74, 6) is -1.18. The van der Waals surface area contributed by atoms with E-state index in [1.54, 1.807) is 4.90 Å². The van der Waals surface area contributed by atoms with Crippen molar-refractivity contribution in [1.29, 1.82) is 0 Å². The lowest BCUT2D eigenvalue weighted by Crippen LogP contribution is -2.55. The zero-order valence-electron chi connectivity index (χ0n) is 12.0.